The zero-order valence-corrected chi connectivity index (χ0v) is 19.1. The highest BCUT2D eigenvalue weighted by atomic mass is 32.2. The molecule has 166 valence electrons. The van der Waals surface area contributed by atoms with Crippen molar-refractivity contribution in [1.29, 1.82) is 0 Å². The number of piperidine rings is 1. The van der Waals surface area contributed by atoms with Crippen LogP contribution in [0.4, 0.5) is 5.82 Å². The Kier molecular flexibility index (Phi) is 8.70. The molecule has 1 fully saturated rings. The van der Waals surface area contributed by atoms with E-state index in [9.17, 15) is 9.59 Å². The molecular formula is C23H31N5O2S. The van der Waals surface area contributed by atoms with Crippen LogP contribution in [0.15, 0.2) is 41.4 Å². The van der Waals surface area contributed by atoms with E-state index in [1.54, 1.807) is 0 Å². The number of nitrogens with zero attached hydrogens (tertiary/aromatic N) is 3. The second-order valence-electron chi connectivity index (χ2n) is 7.83. The predicted octanol–water partition coefficient (Wildman–Crippen LogP) is 2.94. The van der Waals surface area contributed by atoms with Crippen molar-refractivity contribution in [3.05, 3.63) is 47.5 Å². The lowest BCUT2D eigenvalue weighted by Gasteiger charge is -2.31. The normalized spacial score (nSPS) is 14.3. The van der Waals surface area contributed by atoms with Gasteiger partial charge >= 0.3 is 0 Å². The number of nitrogens with one attached hydrogen (secondary N) is 2. The Morgan fingerprint density at radius 1 is 1.06 bits per heavy atom. The van der Waals surface area contributed by atoms with Crippen LogP contribution < -0.4 is 15.5 Å². The van der Waals surface area contributed by atoms with Crippen LogP contribution in [-0.2, 0) is 16.1 Å². The van der Waals surface area contributed by atoms with E-state index in [1.165, 1.54) is 17.3 Å². The van der Waals surface area contributed by atoms with E-state index in [0.29, 0.717) is 12.3 Å². The summed E-state index contributed by atoms with van der Waals surface area (Å²) in [6.07, 6.45) is 2.61. The summed E-state index contributed by atoms with van der Waals surface area (Å²) in [5.41, 5.74) is 2.29. The first-order valence-corrected chi connectivity index (χ1v) is 11.8. The Hall–Kier alpha value is -2.61. The Balaban J connectivity index is 1.39. The number of rotatable bonds is 9. The maximum Gasteiger partial charge on any atom is 0.230 e. The monoisotopic (exact) mass is 441 g/mol. The molecule has 8 heteroatoms. The molecule has 2 aromatic rings. The summed E-state index contributed by atoms with van der Waals surface area (Å²) < 4.78 is 0. The summed E-state index contributed by atoms with van der Waals surface area (Å²) in [6, 6.07) is 12.0. The van der Waals surface area contributed by atoms with Gasteiger partial charge in [-0.1, -0.05) is 48.5 Å². The zero-order valence-electron chi connectivity index (χ0n) is 18.3. The van der Waals surface area contributed by atoms with Gasteiger partial charge in [0.05, 0.1) is 5.75 Å². The fraction of sp³-hybridized carbons (Fsp3) is 0.478. The number of thioether (sulfide) groups is 1. The number of hydrogen-bond donors (Lipinski definition) is 2. The van der Waals surface area contributed by atoms with Crippen molar-refractivity contribution < 1.29 is 9.59 Å². The molecule has 3 rings (SSSR count). The van der Waals surface area contributed by atoms with Gasteiger partial charge in [0.1, 0.15) is 5.03 Å². The maximum absolute atomic E-state index is 12.1. The molecule has 2 amide bonds. The van der Waals surface area contributed by atoms with E-state index >= 15 is 0 Å². The van der Waals surface area contributed by atoms with Gasteiger partial charge in [0.25, 0.3) is 0 Å². The summed E-state index contributed by atoms with van der Waals surface area (Å²) in [6.45, 7) is 6.96. The Bertz CT molecular complexity index is 849. The van der Waals surface area contributed by atoms with Crippen LogP contribution in [-0.4, -0.2) is 47.4 Å². The summed E-state index contributed by atoms with van der Waals surface area (Å²) in [4.78, 5) is 26.4. The fourth-order valence-electron chi connectivity index (χ4n) is 3.42. The molecule has 1 aromatic heterocycles. The van der Waals surface area contributed by atoms with Gasteiger partial charge in [0.2, 0.25) is 11.8 Å². The van der Waals surface area contributed by atoms with Gasteiger partial charge in [0, 0.05) is 32.1 Å². The van der Waals surface area contributed by atoms with Crippen LogP contribution in [0.5, 0.6) is 0 Å². The van der Waals surface area contributed by atoms with Gasteiger partial charge in [-0.2, -0.15) is 0 Å². The molecule has 0 saturated carbocycles. The van der Waals surface area contributed by atoms with Gasteiger partial charge in [-0.15, -0.1) is 10.2 Å². The topological polar surface area (TPSA) is 87.2 Å². The SMILES string of the molecule is CCCNC(=O)C1CCN(c2ccc(SCC(=O)NCc3ccc(C)cc3)nn2)CC1. The average molecular weight is 442 g/mol. The van der Waals surface area contributed by atoms with Crippen LogP contribution >= 0.6 is 11.8 Å². The first-order chi connectivity index (χ1) is 15.0. The van der Waals surface area contributed by atoms with E-state index in [1.807, 2.05) is 43.3 Å². The number of hydrogen-bond acceptors (Lipinski definition) is 6. The lowest BCUT2D eigenvalue weighted by Crippen LogP contribution is -2.41. The highest BCUT2D eigenvalue weighted by Gasteiger charge is 2.25. The fourth-order valence-corrected chi connectivity index (χ4v) is 4.06. The van der Waals surface area contributed by atoms with Gasteiger partial charge in [-0.25, -0.2) is 0 Å². The van der Waals surface area contributed by atoms with E-state index < -0.39 is 0 Å². The van der Waals surface area contributed by atoms with Gasteiger partial charge in [-0.05, 0) is 43.9 Å². The van der Waals surface area contributed by atoms with Crippen LogP contribution in [0, 0.1) is 12.8 Å². The second kappa shape index (κ2) is 11.7. The first-order valence-electron chi connectivity index (χ1n) is 10.9. The van der Waals surface area contributed by atoms with Crippen LogP contribution in [0.25, 0.3) is 0 Å². The minimum Gasteiger partial charge on any atom is -0.356 e. The van der Waals surface area contributed by atoms with Gasteiger partial charge in [0.15, 0.2) is 5.82 Å². The molecule has 1 saturated heterocycles. The Morgan fingerprint density at radius 2 is 1.81 bits per heavy atom. The largest absolute Gasteiger partial charge is 0.356 e. The molecular weight excluding hydrogens is 410 g/mol. The molecule has 2 heterocycles. The van der Waals surface area contributed by atoms with Crippen molar-refractivity contribution in [2.24, 2.45) is 5.92 Å². The minimum atomic E-state index is -0.0279. The summed E-state index contributed by atoms with van der Waals surface area (Å²) in [5.74, 6) is 1.35. The van der Waals surface area contributed by atoms with Crippen molar-refractivity contribution in [1.82, 2.24) is 20.8 Å². The van der Waals surface area contributed by atoms with Gasteiger partial charge < -0.3 is 15.5 Å². The van der Waals surface area contributed by atoms with Crippen molar-refractivity contribution >= 4 is 29.4 Å². The van der Waals surface area contributed by atoms with E-state index in [4.69, 9.17) is 0 Å². The molecule has 0 atom stereocenters. The lowest BCUT2D eigenvalue weighted by molar-refractivity contribution is -0.125. The molecule has 0 aliphatic carbocycles. The number of anilines is 1. The molecule has 7 nitrogen and oxygen atoms in total. The van der Waals surface area contributed by atoms with Crippen molar-refractivity contribution in [3.63, 3.8) is 0 Å². The lowest BCUT2D eigenvalue weighted by atomic mass is 9.96. The number of carbonyl (C=O) groups is 2. The van der Waals surface area contributed by atoms with Crippen LogP contribution in [0.3, 0.4) is 0 Å². The Morgan fingerprint density at radius 3 is 2.45 bits per heavy atom. The smallest absolute Gasteiger partial charge is 0.230 e. The minimum absolute atomic E-state index is 0.0279. The van der Waals surface area contributed by atoms with E-state index in [0.717, 1.165) is 55.3 Å². The predicted molar refractivity (Wildman–Crippen MR) is 124 cm³/mol. The second-order valence-corrected chi connectivity index (χ2v) is 8.83. The average Bonchev–Trinajstić information content (AvgIpc) is 2.81. The third kappa shape index (κ3) is 7.24. The molecule has 0 spiro atoms. The van der Waals surface area contributed by atoms with Crippen molar-refractivity contribution in [2.75, 3.05) is 30.3 Å². The summed E-state index contributed by atoms with van der Waals surface area (Å²) in [5, 5.41) is 15.2. The summed E-state index contributed by atoms with van der Waals surface area (Å²) in [7, 11) is 0. The quantitative estimate of drug-likeness (QED) is 0.582. The van der Waals surface area contributed by atoms with Crippen LogP contribution in [0.1, 0.15) is 37.3 Å². The molecule has 31 heavy (non-hydrogen) atoms. The molecule has 0 unspecified atom stereocenters. The van der Waals surface area contributed by atoms with Crippen molar-refractivity contribution in [2.45, 2.75) is 44.7 Å². The van der Waals surface area contributed by atoms with E-state index in [2.05, 4.69) is 32.7 Å². The Labute approximate surface area is 188 Å². The molecule has 0 bridgehead atoms. The zero-order chi connectivity index (χ0) is 22.1. The third-order valence-corrected chi connectivity index (χ3v) is 6.25. The molecule has 0 radical (unpaired) electrons. The number of carbonyl (C=O) groups excluding carboxylic acids is 2. The third-order valence-electron chi connectivity index (χ3n) is 5.33. The number of aromatic nitrogens is 2. The number of amides is 2. The number of aryl methyl sites for hydroxylation is 1. The summed E-state index contributed by atoms with van der Waals surface area (Å²) >= 11 is 1.38. The van der Waals surface area contributed by atoms with E-state index in [-0.39, 0.29) is 17.7 Å². The molecule has 1 aliphatic rings. The molecule has 1 aliphatic heterocycles. The van der Waals surface area contributed by atoms with Crippen LogP contribution in [0.2, 0.25) is 0 Å². The number of benzene rings is 1. The maximum atomic E-state index is 12.1. The standard InChI is InChI=1S/C23H31N5O2S/c1-3-12-24-23(30)19-10-13-28(14-11-19)20-8-9-22(27-26-20)31-16-21(29)25-15-18-6-4-17(2)5-7-18/h4-9,19H,3,10-16H2,1-2H3,(H,24,30)(H,25,29). The first kappa shape index (κ1) is 23.1. The molecule has 1 aromatic carbocycles. The molecule has 2 N–H and O–H groups in total. The van der Waals surface area contributed by atoms with Gasteiger partial charge in [-0.3, -0.25) is 9.59 Å². The van der Waals surface area contributed by atoms with Crippen molar-refractivity contribution in [3.8, 4) is 0 Å². The highest BCUT2D eigenvalue weighted by molar-refractivity contribution is 7.99. The highest BCUT2D eigenvalue weighted by Crippen LogP contribution is 2.23.